The van der Waals surface area contributed by atoms with E-state index in [-0.39, 0.29) is 30.2 Å². The van der Waals surface area contributed by atoms with Crippen molar-refractivity contribution < 1.29 is 19.1 Å². The highest BCUT2D eigenvalue weighted by Gasteiger charge is 2.35. The number of rotatable bonds is 6. The van der Waals surface area contributed by atoms with Crippen molar-refractivity contribution >= 4 is 11.8 Å². The number of hydrogen-bond donors (Lipinski definition) is 1. The fraction of sp³-hybridized carbons (Fsp3) is 0.600. The van der Waals surface area contributed by atoms with Crippen LogP contribution in [0.1, 0.15) is 37.7 Å². The highest BCUT2D eigenvalue weighted by atomic mass is 16.5. The van der Waals surface area contributed by atoms with E-state index in [1.807, 2.05) is 24.3 Å². The summed E-state index contributed by atoms with van der Waals surface area (Å²) >= 11 is 0. The summed E-state index contributed by atoms with van der Waals surface area (Å²) in [6, 6.07) is 7.87. The molecule has 2 fully saturated rings. The third-order valence-corrected chi connectivity index (χ3v) is 5.49. The second-order valence-electron chi connectivity index (χ2n) is 7.21. The van der Waals surface area contributed by atoms with Crippen LogP contribution < -0.4 is 10.1 Å². The van der Waals surface area contributed by atoms with Crippen LogP contribution in [0, 0.1) is 5.92 Å². The van der Waals surface area contributed by atoms with E-state index < -0.39 is 0 Å². The van der Waals surface area contributed by atoms with E-state index in [2.05, 4.69) is 5.32 Å². The smallest absolute Gasteiger partial charge is 0.225 e. The molecule has 1 aliphatic carbocycles. The first-order chi connectivity index (χ1) is 12.6. The molecular weight excluding hydrogens is 332 g/mol. The number of carbonyl (C=O) groups is 2. The summed E-state index contributed by atoms with van der Waals surface area (Å²) in [7, 11) is 3.36. The topological polar surface area (TPSA) is 67.9 Å². The third-order valence-electron chi connectivity index (χ3n) is 5.49. The van der Waals surface area contributed by atoms with Crippen LogP contribution in [-0.4, -0.2) is 49.6 Å². The van der Waals surface area contributed by atoms with Gasteiger partial charge in [0, 0.05) is 38.2 Å². The molecule has 3 rings (SSSR count). The molecule has 142 valence electrons. The molecule has 1 unspecified atom stereocenters. The van der Waals surface area contributed by atoms with Gasteiger partial charge >= 0.3 is 0 Å². The van der Waals surface area contributed by atoms with Crippen LogP contribution in [0.4, 0.5) is 0 Å². The predicted octanol–water partition coefficient (Wildman–Crippen LogP) is 2.12. The maximum Gasteiger partial charge on any atom is 0.225 e. The quantitative estimate of drug-likeness (QED) is 0.844. The Kier molecular flexibility index (Phi) is 6.14. The largest absolute Gasteiger partial charge is 0.496 e. The Morgan fingerprint density at radius 2 is 1.92 bits per heavy atom. The number of likely N-dealkylation sites (tertiary alicyclic amines) is 1. The minimum Gasteiger partial charge on any atom is -0.496 e. The lowest BCUT2D eigenvalue weighted by Gasteiger charge is -2.29. The van der Waals surface area contributed by atoms with E-state index in [1.54, 1.807) is 19.1 Å². The van der Waals surface area contributed by atoms with Crippen molar-refractivity contribution in [3.8, 4) is 5.75 Å². The molecule has 1 aliphatic heterocycles. The molecule has 1 aromatic carbocycles. The summed E-state index contributed by atoms with van der Waals surface area (Å²) in [5.74, 6) is 0.529. The molecule has 1 aromatic rings. The molecule has 1 atom stereocenters. The van der Waals surface area contributed by atoms with Gasteiger partial charge in [0.25, 0.3) is 0 Å². The number of hydrogen-bond acceptors (Lipinski definition) is 4. The van der Waals surface area contributed by atoms with E-state index in [9.17, 15) is 9.59 Å². The fourth-order valence-electron chi connectivity index (χ4n) is 3.90. The van der Waals surface area contributed by atoms with Crippen molar-refractivity contribution in [2.45, 2.75) is 50.8 Å². The number of methoxy groups -OCH3 is 2. The third kappa shape index (κ3) is 4.36. The van der Waals surface area contributed by atoms with E-state index in [1.165, 1.54) is 0 Å². The molecule has 2 aliphatic rings. The zero-order valence-electron chi connectivity index (χ0n) is 15.6. The van der Waals surface area contributed by atoms with Gasteiger partial charge in [0.15, 0.2) is 0 Å². The molecule has 1 saturated heterocycles. The second-order valence-corrected chi connectivity index (χ2v) is 7.21. The Balaban J connectivity index is 1.53. The number of ether oxygens (including phenoxy) is 2. The number of carbonyl (C=O) groups excluding carboxylic acids is 2. The average Bonchev–Trinajstić information content (AvgIpc) is 3.03. The van der Waals surface area contributed by atoms with Gasteiger partial charge < -0.3 is 19.7 Å². The lowest BCUT2D eigenvalue weighted by molar-refractivity contribution is -0.129. The summed E-state index contributed by atoms with van der Waals surface area (Å²) < 4.78 is 10.7. The van der Waals surface area contributed by atoms with Gasteiger partial charge in [-0.15, -0.1) is 0 Å². The molecule has 1 N–H and O–H groups in total. The van der Waals surface area contributed by atoms with E-state index >= 15 is 0 Å². The molecule has 1 saturated carbocycles. The minimum absolute atomic E-state index is 0.00161. The van der Waals surface area contributed by atoms with Gasteiger partial charge in [0.05, 0.1) is 19.1 Å². The zero-order chi connectivity index (χ0) is 18.5. The molecule has 0 spiro atoms. The number of nitrogens with one attached hydrogen (secondary N) is 1. The van der Waals surface area contributed by atoms with E-state index in [4.69, 9.17) is 9.47 Å². The van der Waals surface area contributed by atoms with Gasteiger partial charge in [-0.2, -0.15) is 0 Å². The predicted molar refractivity (Wildman–Crippen MR) is 97.7 cm³/mol. The molecule has 0 radical (unpaired) electrons. The van der Waals surface area contributed by atoms with Crippen molar-refractivity contribution in [1.29, 1.82) is 0 Å². The van der Waals surface area contributed by atoms with Crippen LogP contribution in [0.5, 0.6) is 5.75 Å². The van der Waals surface area contributed by atoms with Crippen molar-refractivity contribution in [1.82, 2.24) is 10.2 Å². The number of para-hydroxylation sites is 1. The standard InChI is InChI=1S/C20H28N2O4/c1-25-17-9-7-16(8-10-17)21-20(24)15-11-19(23)22(13-15)12-14-5-3-4-6-18(14)26-2/h3-6,15-17H,7-13H2,1-2H3,(H,21,24). The van der Waals surface area contributed by atoms with Crippen molar-refractivity contribution in [2.75, 3.05) is 20.8 Å². The Labute approximate surface area is 154 Å². The summed E-state index contributed by atoms with van der Waals surface area (Å²) in [6.45, 7) is 0.946. The molecule has 0 bridgehead atoms. The van der Waals surface area contributed by atoms with Gasteiger partial charge in [0.1, 0.15) is 5.75 Å². The van der Waals surface area contributed by atoms with Gasteiger partial charge in [-0.05, 0) is 31.7 Å². The van der Waals surface area contributed by atoms with Crippen LogP contribution >= 0.6 is 0 Å². The molecular formula is C20H28N2O4. The van der Waals surface area contributed by atoms with E-state index in [0.29, 0.717) is 19.2 Å². The van der Waals surface area contributed by atoms with Crippen LogP contribution in [0.2, 0.25) is 0 Å². The van der Waals surface area contributed by atoms with Gasteiger partial charge in [-0.25, -0.2) is 0 Å². The van der Waals surface area contributed by atoms with Gasteiger partial charge in [-0.1, -0.05) is 18.2 Å². The lowest BCUT2D eigenvalue weighted by Crippen LogP contribution is -2.42. The van der Waals surface area contributed by atoms with Crippen LogP contribution in [-0.2, 0) is 20.9 Å². The fourth-order valence-corrected chi connectivity index (χ4v) is 3.90. The van der Waals surface area contributed by atoms with Crippen molar-refractivity contribution in [3.63, 3.8) is 0 Å². The molecule has 1 heterocycles. The maximum absolute atomic E-state index is 12.6. The SMILES string of the molecule is COc1ccccc1CN1CC(C(=O)NC2CCC(OC)CC2)CC1=O. The van der Waals surface area contributed by atoms with Crippen LogP contribution in [0.15, 0.2) is 24.3 Å². The molecule has 6 nitrogen and oxygen atoms in total. The maximum atomic E-state index is 12.6. The second kappa shape index (κ2) is 8.54. The van der Waals surface area contributed by atoms with Crippen molar-refractivity contribution in [3.05, 3.63) is 29.8 Å². The Morgan fingerprint density at radius 3 is 2.62 bits per heavy atom. The molecule has 0 aromatic heterocycles. The zero-order valence-corrected chi connectivity index (χ0v) is 15.6. The highest BCUT2D eigenvalue weighted by Crippen LogP contribution is 2.26. The first-order valence-corrected chi connectivity index (χ1v) is 9.33. The summed E-state index contributed by atoms with van der Waals surface area (Å²) in [6.07, 6.45) is 4.43. The first-order valence-electron chi connectivity index (χ1n) is 9.33. The first kappa shape index (κ1) is 18.7. The summed E-state index contributed by atoms with van der Waals surface area (Å²) in [5, 5.41) is 3.13. The van der Waals surface area contributed by atoms with Crippen LogP contribution in [0.25, 0.3) is 0 Å². The van der Waals surface area contributed by atoms with Gasteiger partial charge in [0.2, 0.25) is 11.8 Å². The number of amides is 2. The lowest BCUT2D eigenvalue weighted by atomic mass is 9.92. The number of benzene rings is 1. The van der Waals surface area contributed by atoms with Gasteiger partial charge in [-0.3, -0.25) is 9.59 Å². The number of nitrogens with zero attached hydrogens (tertiary/aromatic N) is 1. The Hall–Kier alpha value is -2.08. The van der Waals surface area contributed by atoms with Crippen molar-refractivity contribution in [2.24, 2.45) is 5.92 Å². The molecule has 26 heavy (non-hydrogen) atoms. The normalized spacial score (nSPS) is 26.0. The highest BCUT2D eigenvalue weighted by molar-refractivity contribution is 5.89. The Bertz CT molecular complexity index is 640. The summed E-state index contributed by atoms with van der Waals surface area (Å²) in [5.41, 5.74) is 0.960. The Morgan fingerprint density at radius 1 is 1.19 bits per heavy atom. The van der Waals surface area contributed by atoms with E-state index in [0.717, 1.165) is 37.0 Å². The minimum atomic E-state index is -0.266. The molecule has 6 heteroatoms. The monoisotopic (exact) mass is 360 g/mol. The average molecular weight is 360 g/mol. The van der Waals surface area contributed by atoms with Crippen LogP contribution in [0.3, 0.4) is 0 Å². The molecule has 2 amide bonds. The summed E-state index contributed by atoms with van der Waals surface area (Å²) in [4.78, 5) is 26.7.